The number of anilines is 2. The highest BCUT2D eigenvalue weighted by atomic mass is 16.4. The lowest BCUT2D eigenvalue weighted by Crippen LogP contribution is -3.14. The van der Waals surface area contributed by atoms with E-state index in [2.05, 4.69) is 60.4 Å². The number of carbonyl (C=O) groups is 1. The molecule has 1 fully saturated rings. The molecule has 0 radical (unpaired) electrons. The molecule has 154 valence electrons. The molecule has 1 saturated heterocycles. The zero-order valence-corrected chi connectivity index (χ0v) is 17.4. The molecule has 0 aliphatic carbocycles. The number of hydrogen-bond acceptors (Lipinski definition) is 2. The number of aliphatic carboxylic acids is 1. The van der Waals surface area contributed by atoms with Crippen molar-refractivity contribution < 1.29 is 14.8 Å². The van der Waals surface area contributed by atoms with Gasteiger partial charge < -0.3 is 14.9 Å². The van der Waals surface area contributed by atoms with E-state index >= 15 is 0 Å². The number of likely N-dealkylation sites (tertiary alicyclic amines) is 1. The van der Waals surface area contributed by atoms with Crippen molar-refractivity contribution in [3.05, 3.63) is 59.7 Å². The molecule has 2 aromatic rings. The van der Waals surface area contributed by atoms with E-state index in [9.17, 15) is 9.90 Å². The monoisotopic (exact) mass is 393 g/mol. The average molecular weight is 394 g/mol. The average Bonchev–Trinajstić information content (AvgIpc) is 2.91. The smallest absolute Gasteiger partial charge is 0.312 e. The second kappa shape index (κ2) is 9.00. The van der Waals surface area contributed by atoms with Crippen LogP contribution in [-0.2, 0) is 17.6 Å². The highest BCUT2D eigenvalue weighted by molar-refractivity contribution is 5.71. The van der Waals surface area contributed by atoms with Gasteiger partial charge in [-0.05, 0) is 42.0 Å². The lowest BCUT2D eigenvalue weighted by Gasteiger charge is -2.34. The van der Waals surface area contributed by atoms with Crippen LogP contribution < -0.4 is 9.80 Å². The first-order chi connectivity index (χ1) is 14.2. The van der Waals surface area contributed by atoms with Gasteiger partial charge in [0.25, 0.3) is 0 Å². The molecule has 0 spiro atoms. The van der Waals surface area contributed by atoms with E-state index in [0.717, 1.165) is 58.3 Å². The summed E-state index contributed by atoms with van der Waals surface area (Å²) in [6.07, 6.45) is 5.25. The van der Waals surface area contributed by atoms with Crippen molar-refractivity contribution in [3.8, 4) is 0 Å². The van der Waals surface area contributed by atoms with Gasteiger partial charge in [0.15, 0.2) is 0 Å². The van der Waals surface area contributed by atoms with Crippen LogP contribution in [0.3, 0.4) is 0 Å². The number of carboxylic acids is 1. The molecule has 3 atom stereocenters. The third-order valence-corrected chi connectivity index (χ3v) is 6.93. The molecular formula is C25H33N2O2+. The SMILES string of the molecule is CCC1CC[NH+](CCCN2c3ccccc3CCc3ccccc32)CC1C(=O)O. The summed E-state index contributed by atoms with van der Waals surface area (Å²) in [5.41, 5.74) is 5.51. The van der Waals surface area contributed by atoms with E-state index in [1.54, 1.807) is 0 Å². The van der Waals surface area contributed by atoms with Crippen LogP contribution >= 0.6 is 0 Å². The molecular weight excluding hydrogens is 360 g/mol. The van der Waals surface area contributed by atoms with E-state index in [1.165, 1.54) is 27.4 Å². The van der Waals surface area contributed by atoms with Crippen LogP contribution in [0.5, 0.6) is 0 Å². The summed E-state index contributed by atoms with van der Waals surface area (Å²) >= 11 is 0. The van der Waals surface area contributed by atoms with E-state index in [0.29, 0.717) is 5.92 Å². The Morgan fingerprint density at radius 2 is 1.69 bits per heavy atom. The van der Waals surface area contributed by atoms with Crippen molar-refractivity contribution in [2.75, 3.05) is 31.1 Å². The molecule has 0 bridgehead atoms. The number of rotatable bonds is 6. The summed E-state index contributed by atoms with van der Waals surface area (Å²) in [6, 6.07) is 17.6. The fraction of sp³-hybridized carbons (Fsp3) is 0.480. The number of aryl methyl sites for hydroxylation is 2. The van der Waals surface area contributed by atoms with Crippen molar-refractivity contribution in [2.45, 2.75) is 39.0 Å². The number of nitrogens with zero attached hydrogens (tertiary/aromatic N) is 1. The highest BCUT2D eigenvalue weighted by Gasteiger charge is 2.35. The minimum atomic E-state index is -0.607. The first-order valence-electron chi connectivity index (χ1n) is 11.2. The Kier molecular flexibility index (Phi) is 6.19. The van der Waals surface area contributed by atoms with E-state index < -0.39 is 5.97 Å². The summed E-state index contributed by atoms with van der Waals surface area (Å²) in [5, 5.41) is 9.61. The molecule has 4 rings (SSSR count). The Hall–Kier alpha value is -2.33. The maximum absolute atomic E-state index is 11.7. The third kappa shape index (κ3) is 4.32. The second-order valence-corrected chi connectivity index (χ2v) is 8.62. The summed E-state index contributed by atoms with van der Waals surface area (Å²) in [5.74, 6) is -0.437. The minimum Gasteiger partial charge on any atom is -0.481 e. The molecule has 2 aliphatic rings. The van der Waals surface area contributed by atoms with Crippen LogP contribution in [0.2, 0.25) is 0 Å². The maximum atomic E-state index is 11.7. The van der Waals surface area contributed by atoms with E-state index in [1.807, 2.05) is 0 Å². The van der Waals surface area contributed by atoms with Gasteiger partial charge in [-0.3, -0.25) is 4.79 Å². The van der Waals surface area contributed by atoms with Crippen molar-refractivity contribution in [1.82, 2.24) is 0 Å². The minimum absolute atomic E-state index is 0.177. The molecule has 2 heterocycles. The van der Waals surface area contributed by atoms with E-state index in [4.69, 9.17) is 0 Å². The molecule has 0 aromatic heterocycles. The Morgan fingerprint density at radius 3 is 2.28 bits per heavy atom. The van der Waals surface area contributed by atoms with Gasteiger partial charge >= 0.3 is 5.97 Å². The molecule has 2 N–H and O–H groups in total. The van der Waals surface area contributed by atoms with Gasteiger partial charge in [0.2, 0.25) is 0 Å². The van der Waals surface area contributed by atoms with Gasteiger partial charge in [-0.15, -0.1) is 0 Å². The predicted octanol–water partition coefficient (Wildman–Crippen LogP) is 3.33. The van der Waals surface area contributed by atoms with Crippen molar-refractivity contribution in [3.63, 3.8) is 0 Å². The van der Waals surface area contributed by atoms with Gasteiger partial charge in [-0.1, -0.05) is 49.7 Å². The van der Waals surface area contributed by atoms with Crippen LogP contribution in [0, 0.1) is 11.8 Å². The van der Waals surface area contributed by atoms with E-state index in [-0.39, 0.29) is 5.92 Å². The lowest BCUT2D eigenvalue weighted by molar-refractivity contribution is -0.909. The number of fused-ring (bicyclic) bond motifs is 2. The van der Waals surface area contributed by atoms with Crippen LogP contribution in [0.15, 0.2) is 48.5 Å². The van der Waals surface area contributed by atoms with Crippen molar-refractivity contribution >= 4 is 17.3 Å². The number of quaternary nitrogens is 1. The summed E-state index contributed by atoms with van der Waals surface area (Å²) in [7, 11) is 0. The fourth-order valence-corrected chi connectivity index (χ4v) is 5.27. The molecule has 2 aromatic carbocycles. The number of carboxylic acid groups (broad SMARTS) is 1. The Morgan fingerprint density at radius 1 is 1.07 bits per heavy atom. The van der Waals surface area contributed by atoms with Gasteiger partial charge in [0.05, 0.1) is 19.6 Å². The van der Waals surface area contributed by atoms with Crippen molar-refractivity contribution in [2.24, 2.45) is 11.8 Å². The predicted molar refractivity (Wildman–Crippen MR) is 117 cm³/mol. The molecule has 0 saturated carbocycles. The number of para-hydroxylation sites is 2. The summed E-state index contributed by atoms with van der Waals surface area (Å²) < 4.78 is 0. The molecule has 0 amide bonds. The molecule has 4 heteroatoms. The summed E-state index contributed by atoms with van der Waals surface area (Å²) in [4.78, 5) is 15.6. The topological polar surface area (TPSA) is 45.0 Å². The van der Waals surface area contributed by atoms with Gasteiger partial charge in [-0.2, -0.15) is 0 Å². The second-order valence-electron chi connectivity index (χ2n) is 8.62. The molecule has 4 nitrogen and oxygen atoms in total. The quantitative estimate of drug-likeness (QED) is 0.791. The first-order valence-corrected chi connectivity index (χ1v) is 11.2. The number of hydrogen-bond donors (Lipinski definition) is 2. The normalized spacial score (nSPS) is 23.8. The zero-order chi connectivity index (χ0) is 20.2. The molecule has 2 aliphatic heterocycles. The number of nitrogens with one attached hydrogen (secondary N) is 1. The standard InChI is InChI=1S/C25H32N2O2/c1-2-19-14-17-26(18-22(19)25(28)29)15-7-16-27-23-10-5-3-8-20(23)12-13-21-9-4-6-11-24(21)27/h3-6,8-11,19,22H,2,7,12-18H2,1H3,(H,28,29)/p+1. The summed E-state index contributed by atoms with van der Waals surface area (Å²) in [6.45, 7) is 6.03. The number of piperidine rings is 1. The van der Waals surface area contributed by atoms with Gasteiger partial charge in [0.1, 0.15) is 5.92 Å². The largest absolute Gasteiger partial charge is 0.481 e. The van der Waals surface area contributed by atoms with Crippen LogP contribution in [0.4, 0.5) is 11.4 Å². The Bertz CT molecular complexity index is 803. The Balaban J connectivity index is 1.45. The van der Waals surface area contributed by atoms with Crippen LogP contribution in [-0.4, -0.2) is 37.3 Å². The Labute approximate surface area is 174 Å². The first kappa shape index (κ1) is 20.0. The zero-order valence-electron chi connectivity index (χ0n) is 17.4. The van der Waals surface area contributed by atoms with Crippen molar-refractivity contribution in [1.29, 1.82) is 0 Å². The lowest BCUT2D eigenvalue weighted by atomic mass is 9.83. The molecule has 29 heavy (non-hydrogen) atoms. The van der Waals surface area contributed by atoms with Crippen LogP contribution in [0.25, 0.3) is 0 Å². The fourth-order valence-electron chi connectivity index (χ4n) is 5.27. The van der Waals surface area contributed by atoms with Crippen LogP contribution in [0.1, 0.15) is 37.3 Å². The maximum Gasteiger partial charge on any atom is 0.312 e. The van der Waals surface area contributed by atoms with Gasteiger partial charge in [0, 0.05) is 30.8 Å². The third-order valence-electron chi connectivity index (χ3n) is 6.93. The number of benzene rings is 2. The van der Waals surface area contributed by atoms with Gasteiger partial charge in [-0.25, -0.2) is 0 Å². The highest BCUT2D eigenvalue weighted by Crippen LogP contribution is 2.35. The molecule has 3 unspecified atom stereocenters.